The van der Waals surface area contributed by atoms with E-state index in [-0.39, 0.29) is 19.7 Å². The van der Waals surface area contributed by atoms with E-state index in [1.165, 1.54) is 18.2 Å². The lowest BCUT2D eigenvalue weighted by molar-refractivity contribution is -0.0729. The van der Waals surface area contributed by atoms with Gasteiger partial charge in [0, 0.05) is 37.0 Å². The topological polar surface area (TPSA) is 51.7 Å². The molecule has 1 amide bonds. The summed E-state index contributed by atoms with van der Waals surface area (Å²) in [6.45, 7) is -0.0507. The Labute approximate surface area is 173 Å². The van der Waals surface area contributed by atoms with Crippen LogP contribution in [0.2, 0.25) is 0 Å². The molecule has 5 nitrogen and oxygen atoms in total. The summed E-state index contributed by atoms with van der Waals surface area (Å²) in [5, 5.41) is 0. The number of aromatic nitrogens is 1. The maximum absolute atomic E-state index is 14.7. The monoisotopic (exact) mass is 422 g/mol. The van der Waals surface area contributed by atoms with Crippen molar-refractivity contribution in [1.82, 2.24) is 9.88 Å². The van der Waals surface area contributed by atoms with Crippen LogP contribution in [-0.4, -0.2) is 48.4 Å². The molecule has 29 heavy (non-hydrogen) atoms. The first-order valence-corrected chi connectivity index (χ1v) is 10.7. The molecule has 1 atom stereocenters. The van der Waals surface area contributed by atoms with Crippen molar-refractivity contribution in [2.75, 3.05) is 26.5 Å². The van der Waals surface area contributed by atoms with E-state index in [9.17, 15) is 13.6 Å². The molecule has 0 aliphatic carbocycles. The molecule has 1 aromatic carbocycles. The van der Waals surface area contributed by atoms with Crippen LogP contribution in [0, 0.1) is 0 Å². The molecule has 2 heterocycles. The fourth-order valence-electron chi connectivity index (χ4n) is 3.38. The number of rotatable bonds is 6. The van der Waals surface area contributed by atoms with Gasteiger partial charge in [-0.05, 0) is 23.4 Å². The van der Waals surface area contributed by atoms with Crippen molar-refractivity contribution in [1.29, 1.82) is 0 Å². The Morgan fingerprint density at radius 1 is 1.34 bits per heavy atom. The fourth-order valence-corrected chi connectivity index (χ4v) is 3.90. The normalized spacial score (nSPS) is 18.3. The van der Waals surface area contributed by atoms with Crippen molar-refractivity contribution >= 4 is 17.9 Å². The summed E-state index contributed by atoms with van der Waals surface area (Å²) in [4.78, 5) is 18.0. The molecular formula is C21H24F2N2O3S. The van der Waals surface area contributed by atoms with E-state index in [2.05, 4.69) is 4.98 Å². The smallest absolute Gasteiger partial charge is 0.410 e. The molecule has 3 rings (SSSR count). The van der Waals surface area contributed by atoms with Gasteiger partial charge in [-0.25, -0.2) is 18.6 Å². The van der Waals surface area contributed by atoms with Gasteiger partial charge < -0.3 is 14.4 Å². The minimum atomic E-state index is -2.93. The molecule has 1 aromatic heterocycles. The number of amides is 1. The molecule has 2 aromatic rings. The first-order valence-electron chi connectivity index (χ1n) is 9.30. The second-order valence-electron chi connectivity index (χ2n) is 6.92. The highest BCUT2D eigenvalue weighted by Crippen LogP contribution is 2.41. The summed E-state index contributed by atoms with van der Waals surface area (Å²) in [7, 11) is 1.51. The minimum absolute atomic E-state index is 0.0433. The molecular weight excluding hydrogens is 398 g/mol. The molecule has 0 saturated carbocycles. The van der Waals surface area contributed by atoms with E-state index in [4.69, 9.17) is 9.47 Å². The van der Waals surface area contributed by atoms with Gasteiger partial charge in [-0.15, -0.1) is 0 Å². The molecule has 1 fully saturated rings. The van der Waals surface area contributed by atoms with Crippen molar-refractivity contribution in [3.63, 3.8) is 0 Å². The molecule has 156 valence electrons. The SMILES string of the molecule is COc1ncc([C@H]2CN(C(=O)OCc3ccccc3)CCC2(F)F)cc1CSC. The summed E-state index contributed by atoms with van der Waals surface area (Å²) in [6.07, 6.45) is 2.34. The minimum Gasteiger partial charge on any atom is -0.481 e. The van der Waals surface area contributed by atoms with E-state index in [1.807, 2.05) is 36.6 Å². The third-order valence-electron chi connectivity index (χ3n) is 4.93. The Morgan fingerprint density at radius 3 is 2.79 bits per heavy atom. The van der Waals surface area contributed by atoms with Crippen LogP contribution in [0.25, 0.3) is 0 Å². The lowest BCUT2D eigenvalue weighted by Gasteiger charge is -2.38. The third kappa shape index (κ3) is 5.18. The Kier molecular flexibility index (Phi) is 6.95. The number of hydrogen-bond donors (Lipinski definition) is 0. The number of likely N-dealkylation sites (tertiary alicyclic amines) is 1. The number of halogens is 2. The number of thioether (sulfide) groups is 1. The largest absolute Gasteiger partial charge is 0.481 e. The van der Waals surface area contributed by atoms with Gasteiger partial charge in [-0.3, -0.25) is 0 Å². The zero-order chi connectivity index (χ0) is 20.9. The van der Waals surface area contributed by atoms with E-state index < -0.39 is 24.4 Å². The van der Waals surface area contributed by atoms with Gasteiger partial charge in [-0.2, -0.15) is 11.8 Å². The van der Waals surface area contributed by atoms with Crippen molar-refractivity contribution in [3.05, 3.63) is 59.3 Å². The number of benzene rings is 1. The summed E-state index contributed by atoms with van der Waals surface area (Å²) < 4.78 is 39.9. The first-order chi connectivity index (χ1) is 13.9. The van der Waals surface area contributed by atoms with Gasteiger partial charge in [0.15, 0.2) is 0 Å². The molecule has 0 N–H and O–H groups in total. The summed E-state index contributed by atoms with van der Waals surface area (Å²) in [5.41, 5.74) is 2.01. The number of carbonyl (C=O) groups excluding carboxylic acids is 1. The predicted octanol–water partition coefficient (Wildman–Crippen LogP) is 4.71. The number of carbonyl (C=O) groups is 1. The van der Waals surface area contributed by atoms with Gasteiger partial charge in [0.2, 0.25) is 5.88 Å². The number of alkyl halides is 2. The summed E-state index contributed by atoms with van der Waals surface area (Å²) >= 11 is 1.56. The zero-order valence-corrected chi connectivity index (χ0v) is 17.3. The molecule has 0 bridgehead atoms. The lowest BCUT2D eigenvalue weighted by atomic mass is 9.87. The van der Waals surface area contributed by atoms with Crippen molar-refractivity contribution in [3.8, 4) is 5.88 Å². The molecule has 1 aliphatic heterocycles. The van der Waals surface area contributed by atoms with Crippen LogP contribution in [0.15, 0.2) is 42.6 Å². The number of methoxy groups -OCH3 is 1. The van der Waals surface area contributed by atoms with Gasteiger partial charge in [0.25, 0.3) is 5.92 Å². The van der Waals surface area contributed by atoms with Gasteiger partial charge >= 0.3 is 6.09 Å². The van der Waals surface area contributed by atoms with Crippen LogP contribution in [-0.2, 0) is 17.1 Å². The van der Waals surface area contributed by atoms with Crippen molar-refractivity contribution < 1.29 is 23.0 Å². The highest BCUT2D eigenvalue weighted by Gasteiger charge is 2.46. The Hall–Kier alpha value is -2.35. The standard InChI is InChI=1S/C21H24F2N2O3S/c1-27-19-17(14-29-2)10-16(11-24-19)18-12-25(9-8-21(18,22)23)20(26)28-13-15-6-4-3-5-7-15/h3-7,10-11,18H,8-9,12-14H2,1-2H3/t18-/m1/s1. The molecule has 0 unspecified atom stereocenters. The van der Waals surface area contributed by atoms with Crippen molar-refractivity contribution in [2.45, 2.75) is 30.6 Å². The van der Waals surface area contributed by atoms with Crippen LogP contribution in [0.1, 0.15) is 29.0 Å². The summed E-state index contributed by atoms with van der Waals surface area (Å²) in [6, 6.07) is 11.0. The van der Waals surface area contributed by atoms with Crippen LogP contribution in [0.4, 0.5) is 13.6 Å². The maximum Gasteiger partial charge on any atom is 0.410 e. The third-order valence-corrected chi connectivity index (χ3v) is 5.53. The van der Waals surface area contributed by atoms with Crippen LogP contribution in [0.5, 0.6) is 5.88 Å². The molecule has 1 aliphatic rings. The lowest BCUT2D eigenvalue weighted by Crippen LogP contribution is -2.48. The average Bonchev–Trinajstić information content (AvgIpc) is 2.73. The van der Waals surface area contributed by atoms with Gasteiger partial charge in [0.05, 0.1) is 13.0 Å². The van der Waals surface area contributed by atoms with Crippen LogP contribution in [0.3, 0.4) is 0 Å². The number of piperidine rings is 1. The maximum atomic E-state index is 14.7. The number of nitrogens with zero attached hydrogens (tertiary/aromatic N) is 2. The Balaban J connectivity index is 1.74. The quantitative estimate of drug-likeness (QED) is 0.675. The highest BCUT2D eigenvalue weighted by molar-refractivity contribution is 7.97. The molecule has 1 saturated heterocycles. The predicted molar refractivity (Wildman–Crippen MR) is 109 cm³/mol. The molecule has 0 spiro atoms. The molecule has 8 heteroatoms. The second kappa shape index (κ2) is 9.43. The second-order valence-corrected chi connectivity index (χ2v) is 7.79. The van der Waals surface area contributed by atoms with Crippen LogP contribution >= 0.6 is 11.8 Å². The van der Waals surface area contributed by atoms with E-state index in [1.54, 1.807) is 17.8 Å². The highest BCUT2D eigenvalue weighted by atomic mass is 32.2. The number of hydrogen-bond acceptors (Lipinski definition) is 5. The van der Waals surface area contributed by atoms with E-state index in [0.717, 1.165) is 11.1 Å². The Morgan fingerprint density at radius 2 is 2.10 bits per heavy atom. The molecule has 0 radical (unpaired) electrons. The van der Waals surface area contributed by atoms with Gasteiger partial charge in [-0.1, -0.05) is 30.3 Å². The Bertz CT molecular complexity index is 836. The van der Waals surface area contributed by atoms with Crippen LogP contribution < -0.4 is 4.74 Å². The van der Waals surface area contributed by atoms with E-state index in [0.29, 0.717) is 17.2 Å². The number of pyridine rings is 1. The van der Waals surface area contributed by atoms with E-state index >= 15 is 0 Å². The van der Waals surface area contributed by atoms with Crippen molar-refractivity contribution in [2.24, 2.45) is 0 Å². The number of ether oxygens (including phenoxy) is 2. The first kappa shape index (κ1) is 21.4. The summed E-state index contributed by atoms with van der Waals surface area (Å²) in [5.74, 6) is -3.03. The average molecular weight is 422 g/mol. The zero-order valence-electron chi connectivity index (χ0n) is 16.4. The van der Waals surface area contributed by atoms with Gasteiger partial charge in [0.1, 0.15) is 6.61 Å². The fraction of sp³-hybridized carbons (Fsp3) is 0.429.